The maximum absolute atomic E-state index is 10.7. The van der Waals surface area contributed by atoms with E-state index in [1.165, 1.54) is 11.9 Å². The molecular formula is C5H11N3O2. The van der Waals surface area contributed by atoms with E-state index in [0.717, 1.165) is 0 Å². The zero-order chi connectivity index (χ0) is 8.15. The Morgan fingerprint density at radius 2 is 2.10 bits per heavy atom. The van der Waals surface area contributed by atoms with Crippen LogP contribution in [-0.2, 0) is 9.59 Å². The molecule has 5 nitrogen and oxygen atoms in total. The Balaban J connectivity index is 3.95. The Labute approximate surface area is 59.1 Å². The van der Waals surface area contributed by atoms with Gasteiger partial charge < -0.3 is 4.90 Å². The minimum Gasteiger partial charge on any atom is -0.338 e. The van der Waals surface area contributed by atoms with Crippen LogP contribution < -0.4 is 11.3 Å². The highest BCUT2D eigenvalue weighted by atomic mass is 16.2. The van der Waals surface area contributed by atoms with Gasteiger partial charge in [0.1, 0.15) is 0 Å². The van der Waals surface area contributed by atoms with Gasteiger partial charge in [-0.25, -0.2) is 5.84 Å². The molecule has 0 saturated carbocycles. The zero-order valence-electron chi connectivity index (χ0n) is 6.05. The molecule has 0 aliphatic rings. The van der Waals surface area contributed by atoms with Gasteiger partial charge in [0.25, 0.3) is 0 Å². The average Bonchev–Trinajstić information content (AvgIpc) is 2.00. The van der Waals surface area contributed by atoms with Gasteiger partial charge in [0, 0.05) is 13.6 Å². The van der Waals surface area contributed by atoms with Crippen LogP contribution in [0.2, 0.25) is 0 Å². The van der Waals surface area contributed by atoms with Crippen LogP contribution in [0.5, 0.6) is 0 Å². The van der Waals surface area contributed by atoms with Crippen molar-refractivity contribution in [2.75, 3.05) is 13.6 Å². The van der Waals surface area contributed by atoms with E-state index < -0.39 is 11.8 Å². The Bertz CT molecular complexity index is 146. The van der Waals surface area contributed by atoms with E-state index in [-0.39, 0.29) is 0 Å². The van der Waals surface area contributed by atoms with Crippen LogP contribution in [0.1, 0.15) is 6.92 Å². The van der Waals surface area contributed by atoms with E-state index in [0.29, 0.717) is 6.54 Å². The van der Waals surface area contributed by atoms with Gasteiger partial charge in [-0.2, -0.15) is 0 Å². The minimum absolute atomic E-state index is 0.492. The highest BCUT2D eigenvalue weighted by Gasteiger charge is 2.14. The largest absolute Gasteiger partial charge is 0.338 e. The van der Waals surface area contributed by atoms with Crippen LogP contribution in [0.25, 0.3) is 0 Å². The summed E-state index contributed by atoms with van der Waals surface area (Å²) >= 11 is 0. The molecule has 58 valence electrons. The van der Waals surface area contributed by atoms with Crippen LogP contribution >= 0.6 is 0 Å². The fraction of sp³-hybridized carbons (Fsp3) is 0.600. The molecule has 0 saturated heterocycles. The molecule has 0 rings (SSSR count). The topological polar surface area (TPSA) is 75.4 Å². The molecule has 0 unspecified atom stereocenters. The molecule has 0 aromatic heterocycles. The summed E-state index contributed by atoms with van der Waals surface area (Å²) < 4.78 is 0. The fourth-order valence-corrected chi connectivity index (χ4v) is 0.379. The highest BCUT2D eigenvalue weighted by molar-refractivity contribution is 6.34. The molecule has 0 fully saturated rings. The molecule has 5 heteroatoms. The van der Waals surface area contributed by atoms with Crippen molar-refractivity contribution in [1.29, 1.82) is 0 Å². The standard InChI is InChI=1S/C5H11N3O2/c1-3-8(2)5(10)4(9)7-6/h3,6H2,1-2H3,(H,7,9). The molecule has 0 aliphatic heterocycles. The molecule has 3 N–H and O–H groups in total. The Kier molecular flexibility index (Phi) is 3.42. The molecule has 0 heterocycles. The first-order valence-electron chi connectivity index (χ1n) is 2.89. The van der Waals surface area contributed by atoms with Crippen molar-refractivity contribution in [3.8, 4) is 0 Å². The summed E-state index contributed by atoms with van der Waals surface area (Å²) in [6.07, 6.45) is 0. The molecule has 0 radical (unpaired) electrons. The predicted octanol–water partition coefficient (Wildman–Crippen LogP) is -1.55. The first-order valence-corrected chi connectivity index (χ1v) is 2.89. The van der Waals surface area contributed by atoms with Crippen molar-refractivity contribution in [3.63, 3.8) is 0 Å². The van der Waals surface area contributed by atoms with Gasteiger partial charge in [0.15, 0.2) is 0 Å². The van der Waals surface area contributed by atoms with E-state index >= 15 is 0 Å². The van der Waals surface area contributed by atoms with Crippen LogP contribution in [-0.4, -0.2) is 30.3 Å². The number of nitrogens with one attached hydrogen (secondary N) is 1. The van der Waals surface area contributed by atoms with Crippen molar-refractivity contribution in [2.45, 2.75) is 6.92 Å². The number of carbonyl (C=O) groups is 2. The quantitative estimate of drug-likeness (QED) is 0.203. The smallest absolute Gasteiger partial charge is 0.323 e. The lowest BCUT2D eigenvalue weighted by Gasteiger charge is -2.11. The molecule has 0 aromatic carbocycles. The molecule has 0 aromatic rings. The van der Waals surface area contributed by atoms with Crippen molar-refractivity contribution in [1.82, 2.24) is 10.3 Å². The van der Waals surface area contributed by atoms with Gasteiger partial charge in [-0.3, -0.25) is 15.0 Å². The molecule has 2 amide bonds. The molecule has 0 aliphatic carbocycles. The number of nitrogens with zero attached hydrogens (tertiary/aromatic N) is 1. The van der Waals surface area contributed by atoms with Crippen LogP contribution in [0.4, 0.5) is 0 Å². The maximum atomic E-state index is 10.7. The predicted molar refractivity (Wildman–Crippen MR) is 35.6 cm³/mol. The maximum Gasteiger partial charge on any atom is 0.323 e. The first kappa shape index (κ1) is 8.90. The Morgan fingerprint density at radius 3 is 2.40 bits per heavy atom. The number of hydrazine groups is 1. The van der Waals surface area contributed by atoms with E-state index in [4.69, 9.17) is 5.84 Å². The zero-order valence-corrected chi connectivity index (χ0v) is 6.05. The molecule has 10 heavy (non-hydrogen) atoms. The van der Waals surface area contributed by atoms with E-state index in [2.05, 4.69) is 0 Å². The summed E-state index contributed by atoms with van der Waals surface area (Å²) in [5.74, 6) is 3.31. The summed E-state index contributed by atoms with van der Waals surface area (Å²) in [6.45, 7) is 2.26. The number of rotatable bonds is 1. The SMILES string of the molecule is CCN(C)C(=O)C(=O)NN. The van der Waals surface area contributed by atoms with Gasteiger partial charge in [-0.05, 0) is 6.92 Å². The second-order valence-electron chi connectivity index (χ2n) is 1.79. The van der Waals surface area contributed by atoms with Crippen molar-refractivity contribution < 1.29 is 9.59 Å². The van der Waals surface area contributed by atoms with Gasteiger partial charge in [-0.1, -0.05) is 0 Å². The minimum atomic E-state index is -0.788. The number of nitrogens with two attached hydrogens (primary N) is 1. The number of amides is 2. The number of likely N-dealkylation sites (N-methyl/N-ethyl adjacent to an activating group) is 1. The monoisotopic (exact) mass is 145 g/mol. The van der Waals surface area contributed by atoms with Gasteiger partial charge >= 0.3 is 11.8 Å². The lowest BCUT2D eigenvalue weighted by Crippen LogP contribution is -2.43. The summed E-state index contributed by atoms with van der Waals surface area (Å²) in [6, 6.07) is 0. The van der Waals surface area contributed by atoms with Crippen LogP contribution in [0, 0.1) is 0 Å². The lowest BCUT2D eigenvalue weighted by atomic mass is 10.5. The molecule has 0 atom stereocenters. The summed E-state index contributed by atoms with van der Waals surface area (Å²) in [7, 11) is 1.53. The summed E-state index contributed by atoms with van der Waals surface area (Å²) in [4.78, 5) is 22.5. The van der Waals surface area contributed by atoms with Crippen LogP contribution in [0.15, 0.2) is 0 Å². The second kappa shape index (κ2) is 3.84. The third-order valence-electron chi connectivity index (χ3n) is 1.15. The average molecular weight is 145 g/mol. The number of carbonyl (C=O) groups excluding carboxylic acids is 2. The third-order valence-corrected chi connectivity index (χ3v) is 1.15. The molecule has 0 bridgehead atoms. The van der Waals surface area contributed by atoms with Crippen molar-refractivity contribution >= 4 is 11.8 Å². The fourth-order valence-electron chi connectivity index (χ4n) is 0.379. The lowest BCUT2D eigenvalue weighted by molar-refractivity contribution is -0.144. The summed E-state index contributed by atoms with van der Waals surface area (Å²) in [5, 5.41) is 0. The summed E-state index contributed by atoms with van der Waals surface area (Å²) in [5.41, 5.74) is 1.75. The van der Waals surface area contributed by atoms with Gasteiger partial charge in [0.2, 0.25) is 0 Å². The molecule has 0 spiro atoms. The normalized spacial score (nSPS) is 8.70. The van der Waals surface area contributed by atoms with E-state index in [1.54, 1.807) is 12.3 Å². The van der Waals surface area contributed by atoms with Gasteiger partial charge in [-0.15, -0.1) is 0 Å². The highest BCUT2D eigenvalue weighted by Crippen LogP contribution is 1.81. The third kappa shape index (κ3) is 2.02. The van der Waals surface area contributed by atoms with Crippen molar-refractivity contribution in [2.24, 2.45) is 5.84 Å². The number of hydrogen-bond donors (Lipinski definition) is 2. The van der Waals surface area contributed by atoms with Gasteiger partial charge in [0.05, 0.1) is 0 Å². The van der Waals surface area contributed by atoms with E-state index in [9.17, 15) is 9.59 Å². The first-order chi connectivity index (χ1) is 4.63. The Morgan fingerprint density at radius 1 is 1.60 bits per heavy atom. The van der Waals surface area contributed by atoms with Crippen molar-refractivity contribution in [3.05, 3.63) is 0 Å². The van der Waals surface area contributed by atoms with E-state index in [1.807, 2.05) is 0 Å². The molecular weight excluding hydrogens is 134 g/mol. The van der Waals surface area contributed by atoms with Crippen LogP contribution in [0.3, 0.4) is 0 Å². The number of hydrogen-bond acceptors (Lipinski definition) is 3. The Hall–Kier alpha value is -1.10. The second-order valence-corrected chi connectivity index (χ2v) is 1.79.